The van der Waals surface area contributed by atoms with Gasteiger partial charge in [-0.3, -0.25) is 4.79 Å². The van der Waals surface area contributed by atoms with Crippen LogP contribution in [0.15, 0.2) is 0 Å². The lowest BCUT2D eigenvalue weighted by molar-refractivity contribution is -0.143. The second-order valence-corrected chi connectivity index (χ2v) is 6.28. The maximum Gasteiger partial charge on any atom is 0.305 e. The Hall–Kier alpha value is 0.0500. The molecule has 0 aromatic carbocycles. The van der Waals surface area contributed by atoms with Gasteiger partial charge in [0.2, 0.25) is 0 Å². The van der Waals surface area contributed by atoms with Crippen molar-refractivity contribution in [3.63, 3.8) is 0 Å². The first-order valence-electron chi connectivity index (χ1n) is 7.60. The van der Waals surface area contributed by atoms with Gasteiger partial charge in [-0.15, -0.1) is 23.2 Å². The van der Waals surface area contributed by atoms with Crippen LogP contribution in [0.5, 0.6) is 0 Å². The van der Waals surface area contributed by atoms with E-state index in [1.165, 1.54) is 51.4 Å². The van der Waals surface area contributed by atoms with E-state index in [-0.39, 0.29) is 12.6 Å². The molecule has 114 valence electrons. The van der Waals surface area contributed by atoms with Crippen molar-refractivity contribution in [2.75, 3.05) is 6.61 Å². The molecule has 0 rings (SSSR count). The van der Waals surface area contributed by atoms with E-state index in [4.69, 9.17) is 27.9 Å². The van der Waals surface area contributed by atoms with Crippen LogP contribution in [0.25, 0.3) is 0 Å². The highest BCUT2D eigenvalue weighted by Crippen LogP contribution is 2.11. The predicted molar refractivity (Wildman–Crippen MR) is 82.9 cm³/mol. The number of alkyl halides is 2. The highest BCUT2D eigenvalue weighted by atomic mass is 35.5. The molecule has 0 aliphatic heterocycles. The van der Waals surface area contributed by atoms with Crippen LogP contribution < -0.4 is 0 Å². The number of rotatable bonds is 13. The number of halogens is 2. The molecule has 2 nitrogen and oxygen atoms in total. The summed E-state index contributed by atoms with van der Waals surface area (Å²) in [5, 5.41) is 0. The molecule has 0 saturated heterocycles. The maximum atomic E-state index is 11.2. The van der Waals surface area contributed by atoms with Crippen LogP contribution in [0.1, 0.15) is 77.6 Å². The average molecular weight is 311 g/mol. The molecular weight excluding hydrogens is 283 g/mol. The molecule has 0 aliphatic carbocycles. The average Bonchev–Trinajstić information content (AvgIpc) is 2.38. The highest BCUT2D eigenvalue weighted by molar-refractivity contribution is 6.44. The van der Waals surface area contributed by atoms with E-state index in [1.54, 1.807) is 0 Å². The van der Waals surface area contributed by atoms with Crippen molar-refractivity contribution in [3.05, 3.63) is 0 Å². The van der Waals surface area contributed by atoms with E-state index in [0.29, 0.717) is 6.42 Å². The number of hydrogen-bond donors (Lipinski definition) is 0. The number of esters is 1. The van der Waals surface area contributed by atoms with Gasteiger partial charge in [0.1, 0.15) is 11.4 Å². The van der Waals surface area contributed by atoms with E-state index < -0.39 is 4.84 Å². The Morgan fingerprint density at radius 1 is 0.895 bits per heavy atom. The number of carbonyl (C=O) groups is 1. The fraction of sp³-hybridized carbons (Fsp3) is 0.933. The number of unbranched alkanes of at least 4 members (excludes halogenated alkanes) is 9. The number of ether oxygens (including phenoxy) is 1. The van der Waals surface area contributed by atoms with Crippen molar-refractivity contribution < 1.29 is 9.53 Å². The minimum atomic E-state index is -0.614. The molecule has 0 unspecified atom stereocenters. The summed E-state index contributed by atoms with van der Waals surface area (Å²) in [7, 11) is 0. The van der Waals surface area contributed by atoms with Gasteiger partial charge in [-0.25, -0.2) is 0 Å². The fourth-order valence-electron chi connectivity index (χ4n) is 1.98. The minimum Gasteiger partial charge on any atom is -0.463 e. The zero-order chi connectivity index (χ0) is 14.3. The summed E-state index contributed by atoms with van der Waals surface area (Å²) in [4.78, 5) is 10.6. The van der Waals surface area contributed by atoms with E-state index in [1.807, 2.05) is 0 Å². The summed E-state index contributed by atoms with van der Waals surface area (Å²) in [6, 6.07) is 0. The Labute approximate surface area is 128 Å². The molecule has 0 saturated carbocycles. The Balaban J connectivity index is 3.11. The largest absolute Gasteiger partial charge is 0.463 e. The molecule has 0 amide bonds. The zero-order valence-corrected chi connectivity index (χ0v) is 13.6. The molecule has 0 aliphatic rings. The molecule has 0 aromatic rings. The van der Waals surface area contributed by atoms with Crippen molar-refractivity contribution in [1.29, 1.82) is 0 Å². The fourth-order valence-corrected chi connectivity index (χ4v) is 2.11. The molecule has 0 atom stereocenters. The van der Waals surface area contributed by atoms with Crippen molar-refractivity contribution in [2.45, 2.75) is 82.4 Å². The monoisotopic (exact) mass is 310 g/mol. The van der Waals surface area contributed by atoms with Crippen LogP contribution >= 0.6 is 23.2 Å². The molecular formula is C15H28Cl2O2. The van der Waals surface area contributed by atoms with Gasteiger partial charge in [0.15, 0.2) is 0 Å². The van der Waals surface area contributed by atoms with Gasteiger partial charge in [-0.1, -0.05) is 64.7 Å². The third-order valence-corrected chi connectivity index (χ3v) is 3.36. The molecule has 0 aromatic heterocycles. The normalized spacial score (nSPS) is 10.9. The summed E-state index contributed by atoms with van der Waals surface area (Å²) in [5.74, 6) is -0.189. The smallest absolute Gasteiger partial charge is 0.305 e. The SMILES string of the molecule is CCCCCCCCCCCCC(=O)OCC(Cl)Cl. The van der Waals surface area contributed by atoms with Crippen molar-refractivity contribution >= 4 is 29.2 Å². The predicted octanol–water partition coefficient (Wildman–Crippen LogP) is 5.64. The number of carbonyl (C=O) groups excluding carboxylic acids is 1. The van der Waals surface area contributed by atoms with Crippen LogP contribution in [-0.2, 0) is 9.53 Å². The Bertz CT molecular complexity index is 208. The number of hydrogen-bond acceptors (Lipinski definition) is 2. The van der Waals surface area contributed by atoms with E-state index in [9.17, 15) is 4.79 Å². The molecule has 0 radical (unpaired) electrons. The third kappa shape index (κ3) is 16.0. The molecule has 4 heteroatoms. The van der Waals surface area contributed by atoms with Crippen LogP contribution in [-0.4, -0.2) is 17.4 Å². The third-order valence-electron chi connectivity index (χ3n) is 3.10. The Morgan fingerprint density at radius 2 is 1.37 bits per heavy atom. The molecule has 0 heterocycles. The van der Waals surface area contributed by atoms with E-state index >= 15 is 0 Å². The summed E-state index contributed by atoms with van der Waals surface area (Å²) >= 11 is 10.9. The topological polar surface area (TPSA) is 26.3 Å². The van der Waals surface area contributed by atoms with Crippen molar-refractivity contribution in [1.82, 2.24) is 0 Å². The Kier molecular flexibility index (Phi) is 14.5. The van der Waals surface area contributed by atoms with Gasteiger partial charge in [0.05, 0.1) is 0 Å². The van der Waals surface area contributed by atoms with Crippen molar-refractivity contribution in [3.8, 4) is 0 Å². The summed E-state index contributed by atoms with van der Waals surface area (Å²) in [5.41, 5.74) is 0. The zero-order valence-electron chi connectivity index (χ0n) is 12.1. The van der Waals surface area contributed by atoms with Crippen LogP contribution in [0.4, 0.5) is 0 Å². The lowest BCUT2D eigenvalue weighted by Crippen LogP contribution is -2.09. The van der Waals surface area contributed by atoms with E-state index in [0.717, 1.165) is 12.8 Å². The van der Waals surface area contributed by atoms with Gasteiger partial charge >= 0.3 is 5.97 Å². The van der Waals surface area contributed by atoms with Gasteiger partial charge < -0.3 is 4.74 Å². The molecule has 19 heavy (non-hydrogen) atoms. The minimum absolute atomic E-state index is 0.0969. The standard InChI is InChI=1S/C15H28Cl2O2/c1-2-3-4-5-6-7-8-9-10-11-12-15(18)19-13-14(16)17/h14H,2-13H2,1H3. The lowest BCUT2D eigenvalue weighted by Gasteiger charge is -2.05. The van der Waals surface area contributed by atoms with Crippen molar-refractivity contribution in [2.24, 2.45) is 0 Å². The first kappa shape index (κ1) is 19.1. The van der Waals surface area contributed by atoms with E-state index in [2.05, 4.69) is 6.92 Å². The van der Waals surface area contributed by atoms with Crippen LogP contribution in [0, 0.1) is 0 Å². The second-order valence-electron chi connectivity index (χ2n) is 5.01. The summed E-state index contributed by atoms with van der Waals surface area (Å²) < 4.78 is 4.88. The molecule has 0 fully saturated rings. The summed E-state index contributed by atoms with van der Waals surface area (Å²) in [6.45, 7) is 2.34. The lowest BCUT2D eigenvalue weighted by atomic mass is 10.1. The van der Waals surface area contributed by atoms with Crippen LogP contribution in [0.2, 0.25) is 0 Å². The quantitative estimate of drug-likeness (QED) is 0.250. The summed E-state index contributed by atoms with van der Waals surface area (Å²) in [6.07, 6.45) is 13.1. The Morgan fingerprint density at radius 3 is 1.84 bits per heavy atom. The molecule has 0 N–H and O–H groups in total. The van der Waals surface area contributed by atoms with Gasteiger partial charge in [-0.05, 0) is 6.42 Å². The first-order chi connectivity index (χ1) is 9.16. The molecule has 0 bridgehead atoms. The second kappa shape index (κ2) is 14.5. The van der Waals surface area contributed by atoms with Gasteiger partial charge in [0, 0.05) is 6.42 Å². The van der Waals surface area contributed by atoms with Crippen LogP contribution in [0.3, 0.4) is 0 Å². The van der Waals surface area contributed by atoms with Gasteiger partial charge in [-0.2, -0.15) is 0 Å². The molecule has 0 spiro atoms. The highest BCUT2D eigenvalue weighted by Gasteiger charge is 2.05. The maximum absolute atomic E-state index is 11.2. The van der Waals surface area contributed by atoms with Gasteiger partial charge in [0.25, 0.3) is 0 Å². The first-order valence-corrected chi connectivity index (χ1v) is 8.48.